The highest BCUT2D eigenvalue weighted by Gasteiger charge is 2.21. The Morgan fingerprint density at radius 3 is 2.70 bits per heavy atom. The highest BCUT2D eigenvalue weighted by molar-refractivity contribution is 5.70. The molecule has 1 saturated heterocycles. The summed E-state index contributed by atoms with van der Waals surface area (Å²) in [6.45, 7) is -1.36. The van der Waals surface area contributed by atoms with Crippen LogP contribution in [-0.4, -0.2) is 36.0 Å². The minimum Gasteiger partial charge on any atom is -0.481 e. The lowest BCUT2D eigenvalue weighted by Crippen LogP contribution is -2.33. The summed E-state index contributed by atoms with van der Waals surface area (Å²) in [4.78, 5) is 11.9. The molecule has 1 aliphatic heterocycles. The van der Waals surface area contributed by atoms with Crippen molar-refractivity contribution in [3.8, 4) is 0 Å². The lowest BCUT2D eigenvalue weighted by atomic mass is 9.98. The van der Waals surface area contributed by atoms with Gasteiger partial charge in [0.15, 0.2) is 0 Å². The summed E-state index contributed by atoms with van der Waals surface area (Å²) in [5.74, 6) is -1.18. The Balaban J connectivity index is 2.44. The maximum atomic E-state index is 10.6. The lowest BCUT2D eigenvalue weighted by molar-refractivity contribution is -0.143. The van der Waals surface area contributed by atoms with Gasteiger partial charge in [-0.05, 0) is 32.9 Å². The van der Waals surface area contributed by atoms with Crippen LogP contribution >= 0.6 is 0 Å². The number of piperidine rings is 1. The number of carboxylic acids is 1. The second-order valence-corrected chi connectivity index (χ2v) is 2.60. The Morgan fingerprint density at radius 2 is 2.30 bits per heavy atom. The van der Waals surface area contributed by atoms with E-state index in [0.29, 0.717) is 25.9 Å². The van der Waals surface area contributed by atoms with E-state index < -0.39 is 12.9 Å². The number of aliphatic carboxylic acids is 1. The molecule has 0 atom stereocenters. The third kappa shape index (κ3) is 1.70. The first kappa shape index (κ1) is 4.34. The number of hydrogen-bond acceptors (Lipinski definition) is 2. The summed E-state index contributed by atoms with van der Waals surface area (Å²) >= 11 is 0. The Labute approximate surface area is 64.9 Å². The molecule has 0 saturated carbocycles. The van der Waals surface area contributed by atoms with Gasteiger partial charge in [-0.3, -0.25) is 4.79 Å². The van der Waals surface area contributed by atoms with Crippen molar-refractivity contribution in [2.45, 2.75) is 12.8 Å². The van der Waals surface area contributed by atoms with Gasteiger partial charge in [-0.1, -0.05) is 0 Å². The van der Waals surface area contributed by atoms with Crippen molar-refractivity contribution in [1.82, 2.24) is 4.90 Å². The fraction of sp³-hybridized carbons (Fsp3) is 0.857. The molecule has 0 spiro atoms. The van der Waals surface area contributed by atoms with Crippen molar-refractivity contribution in [2.24, 2.45) is 5.92 Å². The maximum absolute atomic E-state index is 10.6. The molecule has 0 bridgehead atoms. The van der Waals surface area contributed by atoms with Gasteiger partial charge in [0.05, 0.1) is 5.92 Å². The minimum atomic E-state index is -2.07. The van der Waals surface area contributed by atoms with Crippen LogP contribution in [0.25, 0.3) is 0 Å². The summed E-state index contributed by atoms with van der Waals surface area (Å²) in [6, 6.07) is 0. The largest absolute Gasteiger partial charge is 0.481 e. The van der Waals surface area contributed by atoms with Gasteiger partial charge in [-0.15, -0.1) is 0 Å². The molecule has 3 heteroatoms. The monoisotopic (exact) mass is 146 g/mol. The zero-order chi connectivity index (χ0) is 10.1. The van der Waals surface area contributed by atoms with E-state index in [1.807, 2.05) is 0 Å². The first-order valence-corrected chi connectivity index (χ1v) is 3.39. The molecule has 0 aliphatic carbocycles. The zero-order valence-corrected chi connectivity index (χ0v) is 5.71. The van der Waals surface area contributed by atoms with Crippen molar-refractivity contribution in [1.29, 1.82) is 0 Å². The first-order valence-electron chi connectivity index (χ1n) is 4.89. The average molecular weight is 146 g/mol. The van der Waals surface area contributed by atoms with Crippen LogP contribution < -0.4 is 0 Å². The van der Waals surface area contributed by atoms with Gasteiger partial charge in [0.2, 0.25) is 0 Å². The van der Waals surface area contributed by atoms with E-state index >= 15 is 0 Å². The van der Waals surface area contributed by atoms with Crippen LogP contribution in [0.1, 0.15) is 17.0 Å². The fourth-order valence-corrected chi connectivity index (χ4v) is 1.13. The third-order valence-corrected chi connectivity index (χ3v) is 1.84. The van der Waals surface area contributed by atoms with Crippen LogP contribution in [-0.2, 0) is 4.79 Å². The lowest BCUT2D eigenvalue weighted by Gasteiger charge is -2.25. The van der Waals surface area contributed by atoms with Gasteiger partial charge >= 0.3 is 5.97 Å². The third-order valence-electron chi connectivity index (χ3n) is 1.84. The van der Waals surface area contributed by atoms with Crippen LogP contribution in [0, 0.1) is 5.92 Å². The molecular formula is C7H13NO2. The molecule has 0 radical (unpaired) electrons. The number of nitrogens with zero attached hydrogens (tertiary/aromatic N) is 1. The Bertz CT molecular complexity index is 196. The van der Waals surface area contributed by atoms with E-state index in [-0.39, 0.29) is 5.92 Å². The molecule has 3 nitrogen and oxygen atoms in total. The van der Waals surface area contributed by atoms with Crippen LogP contribution in [0.3, 0.4) is 0 Å². The molecule has 1 fully saturated rings. The molecule has 0 aromatic carbocycles. The number of rotatable bonds is 1. The average Bonchev–Trinajstić information content (AvgIpc) is 2.03. The van der Waals surface area contributed by atoms with Crippen molar-refractivity contribution in [3.63, 3.8) is 0 Å². The van der Waals surface area contributed by atoms with E-state index in [1.54, 1.807) is 0 Å². The highest BCUT2D eigenvalue weighted by atomic mass is 16.4. The van der Waals surface area contributed by atoms with Gasteiger partial charge in [0.1, 0.15) is 0 Å². The molecule has 0 aromatic heterocycles. The van der Waals surface area contributed by atoms with Crippen LogP contribution in [0.4, 0.5) is 0 Å². The smallest absolute Gasteiger partial charge is 0.306 e. The van der Waals surface area contributed by atoms with E-state index in [0.717, 1.165) is 0 Å². The quantitative estimate of drug-likeness (QED) is 0.582. The number of likely N-dealkylation sites (tertiary alicyclic amines) is 1. The molecular weight excluding hydrogens is 130 g/mol. The molecule has 0 aromatic rings. The molecule has 0 unspecified atom stereocenters. The second kappa shape index (κ2) is 3.01. The SMILES string of the molecule is [2H]C([2H])([2H])N1CCC(C(=O)O)CC1. The summed E-state index contributed by atoms with van der Waals surface area (Å²) in [7, 11) is 0. The van der Waals surface area contributed by atoms with Gasteiger partial charge in [-0.2, -0.15) is 0 Å². The Kier molecular flexibility index (Phi) is 1.31. The maximum Gasteiger partial charge on any atom is 0.306 e. The Morgan fingerprint density at radius 1 is 1.70 bits per heavy atom. The topological polar surface area (TPSA) is 40.5 Å². The van der Waals surface area contributed by atoms with Gasteiger partial charge in [0.25, 0.3) is 0 Å². The van der Waals surface area contributed by atoms with Crippen molar-refractivity contribution < 1.29 is 14.0 Å². The summed E-state index contributed by atoms with van der Waals surface area (Å²) in [5, 5.41) is 8.67. The van der Waals surface area contributed by atoms with E-state index in [2.05, 4.69) is 0 Å². The number of hydrogen-bond donors (Lipinski definition) is 1. The van der Waals surface area contributed by atoms with Crippen LogP contribution in [0.15, 0.2) is 0 Å². The summed E-state index contributed by atoms with van der Waals surface area (Å²) in [6.07, 6.45) is 0.876. The molecule has 58 valence electrons. The molecule has 1 N–H and O–H groups in total. The number of carbonyl (C=O) groups is 1. The molecule has 0 amide bonds. The van der Waals surface area contributed by atoms with Crippen LogP contribution in [0.2, 0.25) is 0 Å². The van der Waals surface area contributed by atoms with Gasteiger partial charge in [0, 0.05) is 4.11 Å². The molecule has 1 rings (SSSR count). The molecule has 1 heterocycles. The standard InChI is InChI=1S/C7H13NO2/c1-8-4-2-6(3-5-8)7(9)10/h6H,2-5H2,1H3,(H,9,10)/i1D3. The fourth-order valence-electron chi connectivity index (χ4n) is 1.13. The molecule has 1 aliphatic rings. The van der Waals surface area contributed by atoms with Gasteiger partial charge < -0.3 is 10.0 Å². The number of carboxylic acid groups (broad SMARTS) is 1. The van der Waals surface area contributed by atoms with E-state index in [4.69, 9.17) is 9.22 Å². The van der Waals surface area contributed by atoms with Crippen molar-refractivity contribution in [3.05, 3.63) is 0 Å². The highest BCUT2D eigenvalue weighted by Crippen LogP contribution is 2.15. The predicted octanol–water partition coefficient (Wildman–Crippen LogP) is 0.413. The summed E-state index contributed by atoms with van der Waals surface area (Å²) in [5.41, 5.74) is 0. The minimum absolute atomic E-state index is 0.355. The first-order chi connectivity index (χ1) is 5.91. The second-order valence-electron chi connectivity index (χ2n) is 2.60. The van der Waals surface area contributed by atoms with Crippen molar-refractivity contribution >= 4 is 5.97 Å². The van der Waals surface area contributed by atoms with Gasteiger partial charge in [-0.25, -0.2) is 0 Å². The summed E-state index contributed by atoms with van der Waals surface area (Å²) < 4.78 is 21.3. The predicted molar refractivity (Wildman–Crippen MR) is 37.9 cm³/mol. The van der Waals surface area contributed by atoms with Crippen molar-refractivity contribution in [2.75, 3.05) is 20.1 Å². The van der Waals surface area contributed by atoms with Crippen LogP contribution in [0.5, 0.6) is 0 Å². The van der Waals surface area contributed by atoms with E-state index in [1.165, 1.54) is 4.90 Å². The van der Waals surface area contributed by atoms with E-state index in [9.17, 15) is 4.79 Å². The normalized spacial score (nSPS) is 28.6. The Hall–Kier alpha value is -0.570. The zero-order valence-electron chi connectivity index (χ0n) is 8.71. The molecule has 10 heavy (non-hydrogen) atoms.